The van der Waals surface area contributed by atoms with Crippen molar-refractivity contribution in [2.24, 2.45) is 0 Å². The van der Waals surface area contributed by atoms with Gasteiger partial charge in [0, 0.05) is 6.07 Å². The van der Waals surface area contributed by atoms with Gasteiger partial charge in [-0.1, -0.05) is 12.1 Å². The molecule has 6 nitrogen and oxygen atoms in total. The van der Waals surface area contributed by atoms with E-state index in [-0.39, 0.29) is 30.2 Å². The van der Waals surface area contributed by atoms with E-state index in [1.54, 1.807) is 37.3 Å². The highest BCUT2D eigenvalue weighted by Gasteiger charge is 2.10. The van der Waals surface area contributed by atoms with Gasteiger partial charge in [-0.05, 0) is 36.8 Å². The van der Waals surface area contributed by atoms with E-state index in [2.05, 4.69) is 0 Å². The highest BCUT2D eigenvalue weighted by Crippen LogP contribution is 2.24. The van der Waals surface area contributed by atoms with Crippen molar-refractivity contribution in [1.29, 1.82) is 0 Å². The Balaban J connectivity index is 1.81. The number of fused-ring (bicyclic) bond motifs is 1. The quantitative estimate of drug-likeness (QED) is 0.682. The first-order chi connectivity index (χ1) is 12.6. The summed E-state index contributed by atoms with van der Waals surface area (Å²) in [5.74, 6) is 0.309. The molecule has 0 saturated carbocycles. The molecular weight excluding hydrogens is 336 g/mol. The fourth-order valence-electron chi connectivity index (χ4n) is 2.52. The number of benzene rings is 2. The Morgan fingerprint density at radius 2 is 1.92 bits per heavy atom. The molecule has 26 heavy (non-hydrogen) atoms. The third-order valence-corrected chi connectivity index (χ3v) is 3.80. The largest absolute Gasteiger partial charge is 0.508 e. The van der Waals surface area contributed by atoms with Crippen molar-refractivity contribution in [2.75, 3.05) is 13.2 Å². The highest BCUT2D eigenvalue weighted by atomic mass is 16.5. The smallest absolute Gasteiger partial charge is 0.309 e. The third kappa shape index (κ3) is 3.85. The molecule has 0 fully saturated rings. The molecule has 1 heterocycles. The van der Waals surface area contributed by atoms with Gasteiger partial charge >= 0.3 is 5.97 Å². The molecule has 134 valence electrons. The maximum absolute atomic E-state index is 12.7. The lowest BCUT2D eigenvalue weighted by atomic mass is 10.1. The number of phenolic OH excluding ortho intramolecular Hbond substituents is 1. The zero-order chi connectivity index (χ0) is 18.5. The van der Waals surface area contributed by atoms with Crippen LogP contribution in [0.25, 0.3) is 22.1 Å². The molecule has 6 heteroatoms. The summed E-state index contributed by atoms with van der Waals surface area (Å²) in [6.45, 7) is 2.26. The predicted molar refractivity (Wildman–Crippen MR) is 96.3 cm³/mol. The SMILES string of the molecule is CCOC(=O)CCOc1ccc2c(=O)c(-c3ccc(O)cc3)coc2c1. The van der Waals surface area contributed by atoms with E-state index in [9.17, 15) is 14.7 Å². The van der Waals surface area contributed by atoms with Gasteiger partial charge in [0.2, 0.25) is 0 Å². The number of aromatic hydroxyl groups is 1. The maximum atomic E-state index is 12.7. The molecule has 0 atom stereocenters. The monoisotopic (exact) mass is 354 g/mol. The topological polar surface area (TPSA) is 86.0 Å². The minimum Gasteiger partial charge on any atom is -0.508 e. The second kappa shape index (κ2) is 7.74. The minimum atomic E-state index is -0.321. The molecule has 3 aromatic rings. The summed E-state index contributed by atoms with van der Waals surface area (Å²) in [4.78, 5) is 24.0. The van der Waals surface area contributed by atoms with Gasteiger partial charge in [-0.25, -0.2) is 0 Å². The van der Waals surface area contributed by atoms with Crippen LogP contribution in [-0.2, 0) is 9.53 Å². The normalized spacial score (nSPS) is 10.7. The van der Waals surface area contributed by atoms with Crippen molar-refractivity contribution in [3.05, 3.63) is 59.0 Å². The average Bonchev–Trinajstić information content (AvgIpc) is 2.63. The number of phenols is 1. The van der Waals surface area contributed by atoms with E-state index in [1.165, 1.54) is 18.4 Å². The molecule has 0 spiro atoms. The van der Waals surface area contributed by atoms with Crippen LogP contribution in [0, 0.1) is 0 Å². The average molecular weight is 354 g/mol. The van der Waals surface area contributed by atoms with Gasteiger partial charge in [0.05, 0.1) is 30.6 Å². The van der Waals surface area contributed by atoms with Crippen molar-refractivity contribution in [3.8, 4) is 22.6 Å². The van der Waals surface area contributed by atoms with Gasteiger partial charge in [-0.15, -0.1) is 0 Å². The summed E-state index contributed by atoms with van der Waals surface area (Å²) < 4.78 is 15.9. The van der Waals surface area contributed by atoms with E-state index in [0.717, 1.165) is 0 Å². The molecule has 0 saturated heterocycles. The zero-order valence-electron chi connectivity index (χ0n) is 14.2. The van der Waals surface area contributed by atoms with Crippen LogP contribution in [0.3, 0.4) is 0 Å². The summed E-state index contributed by atoms with van der Waals surface area (Å²) in [6, 6.07) is 11.2. The second-order valence-electron chi connectivity index (χ2n) is 5.59. The van der Waals surface area contributed by atoms with Crippen LogP contribution in [0.5, 0.6) is 11.5 Å². The maximum Gasteiger partial charge on any atom is 0.309 e. The lowest BCUT2D eigenvalue weighted by Crippen LogP contribution is -2.09. The van der Waals surface area contributed by atoms with E-state index < -0.39 is 0 Å². The van der Waals surface area contributed by atoms with Gasteiger partial charge in [0.15, 0.2) is 5.43 Å². The Bertz CT molecular complexity index is 972. The van der Waals surface area contributed by atoms with Crippen molar-refractivity contribution in [3.63, 3.8) is 0 Å². The summed E-state index contributed by atoms with van der Waals surface area (Å²) in [6.07, 6.45) is 1.54. The molecule has 0 unspecified atom stereocenters. The first kappa shape index (κ1) is 17.5. The molecule has 1 aromatic heterocycles. The van der Waals surface area contributed by atoms with E-state index in [4.69, 9.17) is 13.9 Å². The van der Waals surface area contributed by atoms with E-state index in [1.807, 2.05) is 0 Å². The number of carbonyl (C=O) groups is 1. The van der Waals surface area contributed by atoms with E-state index in [0.29, 0.717) is 34.5 Å². The fourth-order valence-corrected chi connectivity index (χ4v) is 2.52. The lowest BCUT2D eigenvalue weighted by Gasteiger charge is -2.07. The Morgan fingerprint density at radius 3 is 2.65 bits per heavy atom. The Hall–Kier alpha value is -3.28. The van der Waals surface area contributed by atoms with Crippen LogP contribution in [0.1, 0.15) is 13.3 Å². The van der Waals surface area contributed by atoms with Crippen LogP contribution < -0.4 is 10.2 Å². The Morgan fingerprint density at radius 1 is 1.15 bits per heavy atom. The van der Waals surface area contributed by atoms with Crippen molar-refractivity contribution >= 4 is 16.9 Å². The fraction of sp³-hybridized carbons (Fsp3) is 0.200. The lowest BCUT2D eigenvalue weighted by molar-refractivity contribution is -0.143. The summed E-state index contributed by atoms with van der Waals surface area (Å²) in [5.41, 5.74) is 1.29. The molecule has 2 aromatic carbocycles. The number of ether oxygens (including phenoxy) is 2. The molecule has 0 aliphatic rings. The molecule has 3 rings (SSSR count). The number of rotatable bonds is 6. The third-order valence-electron chi connectivity index (χ3n) is 3.80. The molecule has 0 bridgehead atoms. The van der Waals surface area contributed by atoms with Crippen LogP contribution in [0.4, 0.5) is 0 Å². The van der Waals surface area contributed by atoms with Crippen LogP contribution in [-0.4, -0.2) is 24.3 Å². The van der Waals surface area contributed by atoms with Gasteiger partial charge in [0.25, 0.3) is 0 Å². The summed E-state index contributed by atoms with van der Waals surface area (Å²) >= 11 is 0. The highest BCUT2D eigenvalue weighted by molar-refractivity contribution is 5.82. The van der Waals surface area contributed by atoms with Crippen molar-refractivity contribution < 1.29 is 23.8 Å². The number of hydrogen-bond donors (Lipinski definition) is 1. The minimum absolute atomic E-state index is 0.128. The summed E-state index contributed by atoms with van der Waals surface area (Å²) in [7, 11) is 0. The van der Waals surface area contributed by atoms with Crippen LogP contribution >= 0.6 is 0 Å². The van der Waals surface area contributed by atoms with Gasteiger partial charge < -0.3 is 19.0 Å². The first-order valence-electron chi connectivity index (χ1n) is 8.22. The Kier molecular flexibility index (Phi) is 5.22. The Labute approximate surface area is 149 Å². The molecule has 0 amide bonds. The van der Waals surface area contributed by atoms with E-state index >= 15 is 0 Å². The summed E-state index contributed by atoms with van der Waals surface area (Å²) in [5, 5.41) is 9.79. The first-order valence-corrected chi connectivity index (χ1v) is 8.22. The second-order valence-corrected chi connectivity index (χ2v) is 5.59. The van der Waals surface area contributed by atoms with Crippen molar-refractivity contribution in [1.82, 2.24) is 0 Å². The predicted octanol–water partition coefficient (Wildman–Crippen LogP) is 3.50. The van der Waals surface area contributed by atoms with Gasteiger partial charge in [-0.2, -0.15) is 0 Å². The molecule has 0 radical (unpaired) electrons. The zero-order valence-corrected chi connectivity index (χ0v) is 14.2. The number of esters is 1. The number of carbonyl (C=O) groups excluding carboxylic acids is 1. The molecule has 1 N–H and O–H groups in total. The molecule has 0 aliphatic carbocycles. The van der Waals surface area contributed by atoms with Gasteiger partial charge in [-0.3, -0.25) is 9.59 Å². The molecule has 0 aliphatic heterocycles. The van der Waals surface area contributed by atoms with Crippen LogP contribution in [0.2, 0.25) is 0 Å². The van der Waals surface area contributed by atoms with Gasteiger partial charge in [0.1, 0.15) is 23.3 Å². The number of hydrogen-bond acceptors (Lipinski definition) is 6. The standard InChI is InChI=1S/C20H18O6/c1-2-24-19(22)9-10-25-15-7-8-16-18(11-15)26-12-17(20(16)23)13-3-5-14(21)6-4-13/h3-8,11-12,21H,2,9-10H2,1H3. The molecular formula is C20H18O6. The van der Waals surface area contributed by atoms with Crippen molar-refractivity contribution in [2.45, 2.75) is 13.3 Å². The van der Waals surface area contributed by atoms with Crippen LogP contribution in [0.15, 0.2) is 57.9 Å².